The van der Waals surface area contributed by atoms with E-state index in [1.165, 1.54) is 6.08 Å². The van der Waals surface area contributed by atoms with E-state index >= 15 is 0 Å². The molecule has 1 aromatic carbocycles. The van der Waals surface area contributed by atoms with Crippen LogP contribution in [0.15, 0.2) is 53.6 Å². The number of alkyl halides is 1. The normalized spacial score (nSPS) is 32.8. The number of anilines is 1. The van der Waals surface area contributed by atoms with Gasteiger partial charge in [-0.25, -0.2) is 4.39 Å². The molecule has 2 aliphatic heterocycles. The fourth-order valence-corrected chi connectivity index (χ4v) is 6.54. The highest BCUT2D eigenvalue weighted by atomic mass is 35.5. The van der Waals surface area contributed by atoms with E-state index in [-0.39, 0.29) is 28.3 Å². The maximum absolute atomic E-state index is 14.0. The first-order valence-electron chi connectivity index (χ1n) is 12.9. The van der Waals surface area contributed by atoms with E-state index < -0.39 is 35.7 Å². The van der Waals surface area contributed by atoms with Crippen LogP contribution < -0.4 is 16.0 Å². The van der Waals surface area contributed by atoms with Crippen LogP contribution in [-0.2, 0) is 15.0 Å². The minimum absolute atomic E-state index is 0.0313. The van der Waals surface area contributed by atoms with Gasteiger partial charge in [-0.3, -0.25) is 9.59 Å². The lowest BCUT2D eigenvalue weighted by atomic mass is 9.62. The molecule has 4 atom stereocenters. The topological polar surface area (TPSA) is 90.5 Å². The third kappa shape index (κ3) is 5.44. The summed E-state index contributed by atoms with van der Waals surface area (Å²) >= 11 is 12.1. The van der Waals surface area contributed by atoms with Gasteiger partial charge in [0.05, 0.1) is 11.6 Å². The van der Waals surface area contributed by atoms with Gasteiger partial charge in [0.25, 0.3) is 0 Å². The highest BCUT2D eigenvalue weighted by molar-refractivity contribution is 6.31. The number of aliphatic hydroxyl groups is 1. The molecule has 4 N–H and O–H groups in total. The molecule has 0 unspecified atom stereocenters. The van der Waals surface area contributed by atoms with Crippen molar-refractivity contribution in [3.63, 3.8) is 0 Å². The number of rotatable bonds is 7. The summed E-state index contributed by atoms with van der Waals surface area (Å²) in [5, 5.41) is 20.3. The van der Waals surface area contributed by atoms with Crippen LogP contribution in [0, 0.1) is 11.3 Å². The van der Waals surface area contributed by atoms with Gasteiger partial charge in [-0.15, -0.1) is 0 Å². The monoisotopic (exact) mass is 563 g/mol. The van der Waals surface area contributed by atoms with Gasteiger partial charge in [0.15, 0.2) is 0 Å². The molecule has 1 aliphatic carbocycles. The Labute approximate surface area is 233 Å². The number of carbonyl (C=O) groups excluding carboxylic acids is 2. The lowest BCUT2D eigenvalue weighted by molar-refractivity contribution is -0.127. The Morgan fingerprint density at radius 2 is 2.03 bits per heavy atom. The van der Waals surface area contributed by atoms with Crippen LogP contribution in [0.1, 0.15) is 52.5 Å². The molecular formula is C29H36Cl2FN3O3. The van der Waals surface area contributed by atoms with Crippen LogP contribution in [0.3, 0.4) is 0 Å². The third-order valence-electron chi connectivity index (χ3n) is 7.74. The van der Waals surface area contributed by atoms with Crippen molar-refractivity contribution in [2.24, 2.45) is 11.3 Å². The van der Waals surface area contributed by atoms with Gasteiger partial charge < -0.3 is 21.1 Å². The van der Waals surface area contributed by atoms with Crippen LogP contribution in [0.5, 0.6) is 0 Å². The van der Waals surface area contributed by atoms with Gasteiger partial charge in [-0.05, 0) is 60.9 Å². The molecule has 2 fully saturated rings. The summed E-state index contributed by atoms with van der Waals surface area (Å²) in [5.74, 6) is -1.14. The van der Waals surface area contributed by atoms with Crippen LogP contribution in [0.4, 0.5) is 10.1 Å². The predicted octanol–water partition coefficient (Wildman–Crippen LogP) is 5.16. The van der Waals surface area contributed by atoms with Gasteiger partial charge in [-0.2, -0.15) is 0 Å². The van der Waals surface area contributed by atoms with Crippen molar-refractivity contribution in [3.8, 4) is 0 Å². The molecule has 9 heteroatoms. The summed E-state index contributed by atoms with van der Waals surface area (Å²) in [6.45, 7) is 11.5. The standard InChI is InChI=1S/C29H36Cl2FN3O3/c1-16(7-6-8-18(31)15-32)23-24(25(36)33-19-12-28(5,38)13-19)35-22(14-27(2,3)4)29(23)20-10-9-17(30)11-21(20)34-26(29)37/h6-11,19,22-24,35,38H,1,12-15H2,2-5H3,(H,33,36)(H,34,37)/b7-6-,18-8+/t19-,22-,23+,24-,28-,29+/m1/s1. The molecule has 4 rings (SSSR count). The molecule has 0 radical (unpaired) electrons. The van der Waals surface area contributed by atoms with Crippen LogP contribution in [-0.4, -0.2) is 47.3 Å². The predicted molar refractivity (Wildman–Crippen MR) is 150 cm³/mol. The van der Waals surface area contributed by atoms with Gasteiger partial charge in [-0.1, -0.05) is 68.8 Å². The lowest BCUT2D eigenvalue weighted by Gasteiger charge is -2.42. The summed E-state index contributed by atoms with van der Waals surface area (Å²) in [6.07, 6.45) is 6.22. The first kappa shape index (κ1) is 28.8. The maximum Gasteiger partial charge on any atom is 0.238 e. The van der Waals surface area contributed by atoms with Crippen molar-refractivity contribution in [1.29, 1.82) is 0 Å². The SMILES string of the molecule is C=C(/C=C\C=C(\Cl)CF)[C@H]1[C@H](C(=O)N[C@H]2C[C@](C)(O)C2)N[C@H](CC(C)(C)C)[C@]12C(=O)Nc1cc(Cl)ccc12. The van der Waals surface area contributed by atoms with E-state index in [2.05, 4.69) is 43.3 Å². The maximum atomic E-state index is 14.0. The smallest absolute Gasteiger partial charge is 0.238 e. The summed E-state index contributed by atoms with van der Waals surface area (Å²) in [6, 6.07) is 3.99. The fourth-order valence-electron chi connectivity index (χ4n) is 6.29. The molecular weight excluding hydrogens is 528 g/mol. The number of amides is 2. The molecule has 38 heavy (non-hydrogen) atoms. The fraction of sp³-hybridized carbons (Fsp3) is 0.517. The number of nitrogens with one attached hydrogen (secondary N) is 3. The van der Waals surface area contributed by atoms with Gasteiger partial charge in [0.2, 0.25) is 11.8 Å². The van der Waals surface area contributed by atoms with E-state index in [0.29, 0.717) is 35.5 Å². The molecule has 2 heterocycles. The summed E-state index contributed by atoms with van der Waals surface area (Å²) in [4.78, 5) is 27.8. The average molecular weight is 565 g/mol. The summed E-state index contributed by atoms with van der Waals surface area (Å²) in [5.41, 5.74) is -0.206. The van der Waals surface area contributed by atoms with E-state index in [9.17, 15) is 19.1 Å². The second-order valence-electron chi connectivity index (χ2n) is 12.2. The van der Waals surface area contributed by atoms with Gasteiger partial charge in [0.1, 0.15) is 12.1 Å². The van der Waals surface area contributed by atoms with Crippen molar-refractivity contribution in [1.82, 2.24) is 10.6 Å². The van der Waals surface area contributed by atoms with Gasteiger partial charge in [0, 0.05) is 33.7 Å². The molecule has 1 saturated heterocycles. The number of allylic oxidation sites excluding steroid dienone is 4. The average Bonchev–Trinajstić information content (AvgIpc) is 3.26. The van der Waals surface area contributed by atoms with Crippen LogP contribution in [0.2, 0.25) is 5.02 Å². The zero-order valence-corrected chi connectivity index (χ0v) is 23.7. The molecule has 0 aromatic heterocycles. The highest BCUT2D eigenvalue weighted by Gasteiger charge is 2.65. The molecule has 6 nitrogen and oxygen atoms in total. The Bertz CT molecular complexity index is 1200. The molecule has 206 valence electrons. The summed E-state index contributed by atoms with van der Waals surface area (Å²) < 4.78 is 12.9. The zero-order chi connectivity index (χ0) is 28.0. The van der Waals surface area contributed by atoms with E-state index in [0.717, 1.165) is 5.56 Å². The van der Waals surface area contributed by atoms with Crippen molar-refractivity contribution < 1.29 is 19.1 Å². The minimum Gasteiger partial charge on any atom is -0.390 e. The molecule has 1 aromatic rings. The van der Waals surface area contributed by atoms with E-state index in [4.69, 9.17) is 23.2 Å². The largest absolute Gasteiger partial charge is 0.390 e. The quantitative estimate of drug-likeness (QED) is 0.345. The van der Waals surface area contributed by atoms with Crippen molar-refractivity contribution in [2.75, 3.05) is 12.0 Å². The minimum atomic E-state index is -1.14. The van der Waals surface area contributed by atoms with Crippen LogP contribution in [0.25, 0.3) is 0 Å². The molecule has 1 spiro atoms. The second kappa shape index (κ2) is 10.4. The Kier molecular flexibility index (Phi) is 7.90. The Morgan fingerprint density at radius 3 is 2.63 bits per heavy atom. The van der Waals surface area contributed by atoms with E-state index in [1.54, 1.807) is 31.2 Å². The zero-order valence-electron chi connectivity index (χ0n) is 22.2. The van der Waals surface area contributed by atoms with Crippen molar-refractivity contribution >= 4 is 40.7 Å². The Hall–Kier alpha value is -2.19. The van der Waals surface area contributed by atoms with Gasteiger partial charge >= 0.3 is 0 Å². The lowest BCUT2D eigenvalue weighted by Crippen LogP contribution is -2.57. The summed E-state index contributed by atoms with van der Waals surface area (Å²) in [7, 11) is 0. The molecule has 0 bridgehead atoms. The number of halogens is 3. The first-order chi connectivity index (χ1) is 17.7. The Balaban J connectivity index is 1.82. The van der Waals surface area contributed by atoms with Crippen LogP contribution >= 0.6 is 23.2 Å². The number of fused-ring (bicyclic) bond motifs is 2. The first-order valence-corrected chi connectivity index (χ1v) is 13.6. The number of hydrogen-bond acceptors (Lipinski definition) is 4. The van der Waals surface area contributed by atoms with E-state index in [1.807, 2.05) is 6.07 Å². The second-order valence-corrected chi connectivity index (χ2v) is 13.2. The van der Waals surface area contributed by atoms with Crippen molar-refractivity contribution in [2.45, 2.75) is 76.1 Å². The number of carbonyl (C=O) groups is 2. The molecule has 1 saturated carbocycles. The van der Waals surface area contributed by atoms with Crippen molar-refractivity contribution in [3.05, 3.63) is 64.2 Å². The number of benzene rings is 1. The number of hydrogen-bond donors (Lipinski definition) is 4. The highest BCUT2D eigenvalue weighted by Crippen LogP contribution is 2.55. The third-order valence-corrected chi connectivity index (χ3v) is 8.20. The molecule has 3 aliphatic rings. The molecule has 2 amide bonds. The Morgan fingerprint density at radius 1 is 1.34 bits per heavy atom.